The molecule has 0 heterocycles. The summed E-state index contributed by atoms with van der Waals surface area (Å²) in [6, 6.07) is 5.81. The van der Waals surface area contributed by atoms with Crippen molar-refractivity contribution in [1.29, 1.82) is 0 Å². The van der Waals surface area contributed by atoms with Crippen molar-refractivity contribution in [2.24, 2.45) is 0 Å². The number of amides is 1. The van der Waals surface area contributed by atoms with E-state index in [-0.39, 0.29) is 24.5 Å². The Balaban J connectivity index is 2.47. The van der Waals surface area contributed by atoms with Crippen LogP contribution in [0.1, 0.15) is 36.5 Å². The lowest BCUT2D eigenvalue weighted by atomic mass is 10.1. The second-order valence-electron chi connectivity index (χ2n) is 4.48. The fourth-order valence-electron chi connectivity index (χ4n) is 1.74. The van der Waals surface area contributed by atoms with Gasteiger partial charge in [0.25, 0.3) is 0 Å². The normalized spacial score (nSPS) is 11.6. The standard InChI is InChI=1S/C15H18ClNO4/c1-3-12(15(20)21-2)17-14(19)9-8-13(18)10-4-6-11(16)7-5-10/h4-7,12H,3,8-9H2,1-2H3,(H,17,19). The van der Waals surface area contributed by atoms with Gasteiger partial charge in [0, 0.05) is 23.4 Å². The molecule has 1 unspecified atom stereocenters. The van der Waals surface area contributed by atoms with Crippen LogP contribution in [0.5, 0.6) is 0 Å². The lowest BCUT2D eigenvalue weighted by Gasteiger charge is -2.14. The number of rotatable bonds is 7. The molecule has 0 bridgehead atoms. The number of ether oxygens (including phenoxy) is 1. The third-order valence-electron chi connectivity index (χ3n) is 2.97. The number of ketones is 1. The van der Waals surface area contributed by atoms with E-state index in [1.165, 1.54) is 7.11 Å². The van der Waals surface area contributed by atoms with Crippen molar-refractivity contribution in [2.75, 3.05) is 7.11 Å². The molecule has 0 saturated heterocycles. The molecule has 0 fully saturated rings. The zero-order valence-electron chi connectivity index (χ0n) is 12.0. The lowest BCUT2D eigenvalue weighted by Crippen LogP contribution is -2.41. The SMILES string of the molecule is CCC(NC(=O)CCC(=O)c1ccc(Cl)cc1)C(=O)OC. The topological polar surface area (TPSA) is 72.5 Å². The zero-order chi connectivity index (χ0) is 15.8. The van der Waals surface area contributed by atoms with Crippen molar-refractivity contribution < 1.29 is 19.1 Å². The maximum atomic E-state index is 11.9. The van der Waals surface area contributed by atoms with Gasteiger partial charge in [-0.2, -0.15) is 0 Å². The molecule has 1 rings (SSSR count). The fourth-order valence-corrected chi connectivity index (χ4v) is 1.87. The Morgan fingerprint density at radius 3 is 2.33 bits per heavy atom. The second-order valence-corrected chi connectivity index (χ2v) is 4.92. The molecule has 21 heavy (non-hydrogen) atoms. The van der Waals surface area contributed by atoms with E-state index in [0.29, 0.717) is 17.0 Å². The van der Waals surface area contributed by atoms with Gasteiger partial charge in [0.2, 0.25) is 5.91 Å². The van der Waals surface area contributed by atoms with Crippen LogP contribution in [-0.4, -0.2) is 30.8 Å². The molecule has 1 aromatic rings. The summed E-state index contributed by atoms with van der Waals surface area (Å²) >= 11 is 5.74. The lowest BCUT2D eigenvalue weighted by molar-refractivity contribution is -0.145. The van der Waals surface area contributed by atoms with Crippen molar-refractivity contribution in [3.05, 3.63) is 34.9 Å². The molecule has 0 spiro atoms. The van der Waals surface area contributed by atoms with E-state index in [0.717, 1.165) is 0 Å². The molecule has 1 atom stereocenters. The molecular weight excluding hydrogens is 294 g/mol. The van der Waals surface area contributed by atoms with Gasteiger partial charge >= 0.3 is 5.97 Å². The van der Waals surface area contributed by atoms with Gasteiger partial charge in [0.1, 0.15) is 6.04 Å². The van der Waals surface area contributed by atoms with Gasteiger partial charge in [-0.25, -0.2) is 4.79 Å². The largest absolute Gasteiger partial charge is 0.467 e. The summed E-state index contributed by atoms with van der Waals surface area (Å²) in [5.74, 6) is -0.989. The van der Waals surface area contributed by atoms with Gasteiger partial charge in [-0.15, -0.1) is 0 Å². The summed E-state index contributed by atoms with van der Waals surface area (Å²) in [4.78, 5) is 35.0. The zero-order valence-corrected chi connectivity index (χ0v) is 12.8. The van der Waals surface area contributed by atoms with Gasteiger partial charge in [0.15, 0.2) is 5.78 Å². The highest BCUT2D eigenvalue weighted by molar-refractivity contribution is 6.30. The van der Waals surface area contributed by atoms with Crippen LogP contribution in [-0.2, 0) is 14.3 Å². The number of Topliss-reactive ketones (excluding diaryl/α,β-unsaturated/α-hetero) is 1. The second kappa shape index (κ2) is 8.42. The first-order valence-electron chi connectivity index (χ1n) is 6.63. The molecule has 0 aliphatic rings. The van der Waals surface area contributed by atoms with Crippen LogP contribution < -0.4 is 5.32 Å². The Morgan fingerprint density at radius 2 is 1.81 bits per heavy atom. The van der Waals surface area contributed by atoms with Crippen molar-refractivity contribution in [3.8, 4) is 0 Å². The minimum atomic E-state index is -0.673. The Labute approximate surface area is 128 Å². The number of carbonyl (C=O) groups excluding carboxylic acids is 3. The monoisotopic (exact) mass is 311 g/mol. The number of esters is 1. The predicted octanol–water partition coefficient (Wildman–Crippen LogP) is 2.37. The quantitative estimate of drug-likeness (QED) is 0.620. The van der Waals surface area contributed by atoms with E-state index >= 15 is 0 Å². The molecule has 114 valence electrons. The summed E-state index contributed by atoms with van der Waals surface area (Å²) in [6.07, 6.45) is 0.531. The van der Waals surface area contributed by atoms with E-state index in [1.807, 2.05) is 0 Å². The molecule has 0 aromatic heterocycles. The minimum Gasteiger partial charge on any atom is -0.467 e. The molecule has 0 aliphatic heterocycles. The average molecular weight is 312 g/mol. The summed E-state index contributed by atoms with van der Waals surface area (Å²) in [7, 11) is 1.27. The van der Waals surface area contributed by atoms with Gasteiger partial charge in [-0.1, -0.05) is 18.5 Å². The van der Waals surface area contributed by atoms with Crippen LogP contribution in [0.3, 0.4) is 0 Å². The third kappa shape index (κ3) is 5.55. The number of hydrogen-bond donors (Lipinski definition) is 1. The van der Waals surface area contributed by atoms with Crippen molar-refractivity contribution in [1.82, 2.24) is 5.32 Å². The van der Waals surface area contributed by atoms with Crippen LogP contribution >= 0.6 is 11.6 Å². The van der Waals surface area contributed by atoms with Gasteiger partial charge in [-0.3, -0.25) is 9.59 Å². The van der Waals surface area contributed by atoms with Gasteiger partial charge in [0.05, 0.1) is 7.11 Å². The van der Waals surface area contributed by atoms with E-state index in [9.17, 15) is 14.4 Å². The molecule has 1 N–H and O–H groups in total. The highest BCUT2D eigenvalue weighted by atomic mass is 35.5. The maximum Gasteiger partial charge on any atom is 0.328 e. The average Bonchev–Trinajstić information content (AvgIpc) is 2.50. The Kier molecular flexibility index (Phi) is 6.88. The van der Waals surface area contributed by atoms with E-state index in [1.54, 1.807) is 31.2 Å². The molecular formula is C15H18ClNO4. The van der Waals surface area contributed by atoms with Gasteiger partial charge in [-0.05, 0) is 30.7 Å². The van der Waals surface area contributed by atoms with Crippen molar-refractivity contribution in [3.63, 3.8) is 0 Å². The molecule has 0 saturated carbocycles. The summed E-state index contributed by atoms with van der Waals surface area (Å²) in [5.41, 5.74) is 0.507. The Hall–Kier alpha value is -1.88. The third-order valence-corrected chi connectivity index (χ3v) is 3.23. The maximum absolute atomic E-state index is 11.9. The van der Waals surface area contributed by atoms with Crippen LogP contribution in [0, 0.1) is 0 Å². The van der Waals surface area contributed by atoms with Crippen molar-refractivity contribution >= 4 is 29.3 Å². The molecule has 1 amide bonds. The van der Waals surface area contributed by atoms with E-state index < -0.39 is 12.0 Å². The number of hydrogen-bond acceptors (Lipinski definition) is 4. The molecule has 6 heteroatoms. The van der Waals surface area contributed by atoms with E-state index in [4.69, 9.17) is 11.6 Å². The number of carbonyl (C=O) groups is 3. The fraction of sp³-hybridized carbons (Fsp3) is 0.400. The number of methoxy groups -OCH3 is 1. The summed E-state index contributed by atoms with van der Waals surface area (Å²) in [5, 5.41) is 3.10. The van der Waals surface area contributed by atoms with Crippen LogP contribution in [0.4, 0.5) is 0 Å². The Bertz CT molecular complexity index is 513. The summed E-state index contributed by atoms with van der Waals surface area (Å²) < 4.78 is 4.58. The highest BCUT2D eigenvalue weighted by Gasteiger charge is 2.19. The van der Waals surface area contributed by atoms with Crippen LogP contribution in [0.25, 0.3) is 0 Å². The highest BCUT2D eigenvalue weighted by Crippen LogP contribution is 2.12. The molecule has 0 radical (unpaired) electrons. The van der Waals surface area contributed by atoms with Crippen LogP contribution in [0.2, 0.25) is 5.02 Å². The molecule has 0 aliphatic carbocycles. The number of nitrogens with one attached hydrogen (secondary N) is 1. The van der Waals surface area contributed by atoms with Gasteiger partial charge < -0.3 is 10.1 Å². The summed E-state index contributed by atoms with van der Waals surface area (Å²) in [6.45, 7) is 1.76. The number of benzene rings is 1. The minimum absolute atomic E-state index is 0.0228. The van der Waals surface area contributed by atoms with Crippen LogP contribution in [0.15, 0.2) is 24.3 Å². The molecule has 5 nitrogen and oxygen atoms in total. The van der Waals surface area contributed by atoms with Crippen molar-refractivity contribution in [2.45, 2.75) is 32.2 Å². The Morgan fingerprint density at radius 1 is 1.19 bits per heavy atom. The number of halogens is 1. The first-order chi connectivity index (χ1) is 9.97. The molecule has 1 aromatic carbocycles. The smallest absolute Gasteiger partial charge is 0.328 e. The first kappa shape index (κ1) is 17.2. The van der Waals surface area contributed by atoms with E-state index in [2.05, 4.69) is 10.1 Å². The predicted molar refractivity (Wildman–Crippen MR) is 79.3 cm³/mol. The first-order valence-corrected chi connectivity index (χ1v) is 7.01.